The van der Waals surface area contributed by atoms with Crippen LogP contribution < -0.4 is 10.1 Å². The van der Waals surface area contributed by atoms with Gasteiger partial charge in [0.1, 0.15) is 24.6 Å². The van der Waals surface area contributed by atoms with Crippen LogP contribution in [-0.2, 0) is 19.0 Å². The normalized spacial score (nSPS) is 11.7. The van der Waals surface area contributed by atoms with Gasteiger partial charge in [-0.05, 0) is 64.1 Å². The van der Waals surface area contributed by atoms with Crippen molar-refractivity contribution in [2.45, 2.75) is 38.2 Å². The molecule has 0 radical (unpaired) electrons. The number of benzene rings is 2. The summed E-state index contributed by atoms with van der Waals surface area (Å²) in [6, 6.07) is 13.0. The van der Waals surface area contributed by atoms with Gasteiger partial charge in [0.15, 0.2) is 0 Å². The van der Waals surface area contributed by atoms with Crippen molar-refractivity contribution in [3.05, 3.63) is 54.1 Å². The maximum absolute atomic E-state index is 12.1. The number of hydrogen-bond acceptors (Lipinski definition) is 6. The van der Waals surface area contributed by atoms with Gasteiger partial charge >= 0.3 is 6.09 Å². The minimum atomic E-state index is -3.81. The van der Waals surface area contributed by atoms with Crippen LogP contribution in [0, 0.1) is 6.92 Å². The molecule has 0 atom stereocenters. The van der Waals surface area contributed by atoms with Crippen molar-refractivity contribution in [1.29, 1.82) is 0 Å². The second-order valence-corrected chi connectivity index (χ2v) is 8.70. The Morgan fingerprint density at radius 2 is 1.57 bits per heavy atom. The van der Waals surface area contributed by atoms with Crippen LogP contribution in [-0.4, -0.2) is 33.3 Å². The number of anilines is 1. The summed E-state index contributed by atoms with van der Waals surface area (Å²) >= 11 is 0. The van der Waals surface area contributed by atoms with Crippen LogP contribution in [0.5, 0.6) is 5.75 Å². The Morgan fingerprint density at radius 1 is 0.964 bits per heavy atom. The third-order valence-electron chi connectivity index (χ3n) is 3.40. The van der Waals surface area contributed by atoms with Gasteiger partial charge in [0, 0.05) is 5.69 Å². The van der Waals surface area contributed by atoms with Crippen LogP contribution in [0.25, 0.3) is 0 Å². The lowest BCUT2D eigenvalue weighted by molar-refractivity contribution is 0.0636. The van der Waals surface area contributed by atoms with Gasteiger partial charge in [-0.15, -0.1) is 0 Å². The lowest BCUT2D eigenvalue weighted by Crippen LogP contribution is -2.27. The minimum Gasteiger partial charge on any atom is -0.491 e. The summed E-state index contributed by atoms with van der Waals surface area (Å²) < 4.78 is 39.8. The number of ether oxygens (including phenoxy) is 2. The number of rotatable bonds is 7. The van der Waals surface area contributed by atoms with E-state index in [1.165, 1.54) is 12.1 Å². The van der Waals surface area contributed by atoms with E-state index in [0.29, 0.717) is 11.4 Å². The highest BCUT2D eigenvalue weighted by molar-refractivity contribution is 7.86. The average Bonchev–Trinajstić information content (AvgIpc) is 2.59. The Morgan fingerprint density at radius 3 is 2.14 bits per heavy atom. The topological polar surface area (TPSA) is 90.9 Å². The summed E-state index contributed by atoms with van der Waals surface area (Å²) in [4.78, 5) is 11.8. The minimum absolute atomic E-state index is 0.0595. The predicted molar refractivity (Wildman–Crippen MR) is 106 cm³/mol. The summed E-state index contributed by atoms with van der Waals surface area (Å²) in [5.74, 6) is 0.520. The highest BCUT2D eigenvalue weighted by atomic mass is 32.2. The summed E-state index contributed by atoms with van der Waals surface area (Å²) in [5.41, 5.74) is 0.943. The Bertz CT molecular complexity index is 884. The van der Waals surface area contributed by atoms with E-state index < -0.39 is 21.8 Å². The van der Waals surface area contributed by atoms with E-state index in [2.05, 4.69) is 5.32 Å². The van der Waals surface area contributed by atoms with Crippen molar-refractivity contribution in [2.24, 2.45) is 0 Å². The molecule has 0 heterocycles. The van der Waals surface area contributed by atoms with Crippen molar-refractivity contribution in [2.75, 3.05) is 18.5 Å². The van der Waals surface area contributed by atoms with E-state index in [-0.39, 0.29) is 18.1 Å². The Hall–Kier alpha value is -2.58. The first-order valence-electron chi connectivity index (χ1n) is 8.74. The van der Waals surface area contributed by atoms with Crippen LogP contribution in [0.1, 0.15) is 26.3 Å². The first-order valence-corrected chi connectivity index (χ1v) is 10.1. The number of nitrogens with one attached hydrogen (secondary N) is 1. The summed E-state index contributed by atoms with van der Waals surface area (Å²) in [5, 5.41) is 2.61. The van der Waals surface area contributed by atoms with Crippen molar-refractivity contribution >= 4 is 21.9 Å². The zero-order valence-electron chi connectivity index (χ0n) is 16.4. The van der Waals surface area contributed by atoms with Gasteiger partial charge < -0.3 is 9.47 Å². The van der Waals surface area contributed by atoms with E-state index >= 15 is 0 Å². The van der Waals surface area contributed by atoms with E-state index in [0.717, 1.165) is 5.56 Å². The third-order valence-corrected chi connectivity index (χ3v) is 4.73. The number of hydrogen-bond donors (Lipinski definition) is 1. The van der Waals surface area contributed by atoms with E-state index in [1.54, 1.807) is 57.2 Å². The molecule has 0 unspecified atom stereocenters. The van der Waals surface area contributed by atoms with Crippen molar-refractivity contribution < 1.29 is 26.9 Å². The molecule has 0 aliphatic heterocycles. The first kappa shape index (κ1) is 21.7. The maximum atomic E-state index is 12.1. The molecule has 0 spiro atoms. The second kappa shape index (κ2) is 9.07. The zero-order chi connectivity index (χ0) is 20.8. The molecule has 0 aliphatic rings. The van der Waals surface area contributed by atoms with E-state index in [1.807, 2.05) is 6.92 Å². The van der Waals surface area contributed by atoms with Crippen molar-refractivity contribution in [1.82, 2.24) is 0 Å². The molecule has 7 nitrogen and oxygen atoms in total. The molecule has 2 aromatic carbocycles. The first-order chi connectivity index (χ1) is 13.0. The second-order valence-electron chi connectivity index (χ2n) is 7.09. The van der Waals surface area contributed by atoms with Crippen molar-refractivity contribution in [3.63, 3.8) is 0 Å². The summed E-state index contributed by atoms with van der Waals surface area (Å²) in [7, 11) is -3.81. The van der Waals surface area contributed by atoms with Crippen LogP contribution >= 0.6 is 0 Å². The van der Waals surface area contributed by atoms with Crippen LogP contribution in [0.15, 0.2) is 53.4 Å². The van der Waals surface area contributed by atoms with Gasteiger partial charge in [-0.1, -0.05) is 17.7 Å². The highest BCUT2D eigenvalue weighted by Crippen LogP contribution is 2.17. The Kier molecular flexibility index (Phi) is 7.04. The average molecular weight is 407 g/mol. The summed E-state index contributed by atoms with van der Waals surface area (Å²) in [6.07, 6.45) is -0.545. The number of amides is 1. The summed E-state index contributed by atoms with van der Waals surface area (Å²) in [6.45, 7) is 7.16. The largest absolute Gasteiger partial charge is 0.491 e. The third kappa shape index (κ3) is 7.21. The van der Waals surface area contributed by atoms with Gasteiger partial charge in [0.05, 0.1) is 4.90 Å². The molecule has 0 fully saturated rings. The molecule has 0 bridgehead atoms. The Balaban J connectivity index is 1.79. The molecular weight excluding hydrogens is 382 g/mol. The molecule has 2 rings (SSSR count). The highest BCUT2D eigenvalue weighted by Gasteiger charge is 2.16. The lowest BCUT2D eigenvalue weighted by Gasteiger charge is -2.19. The molecule has 0 aromatic heterocycles. The van der Waals surface area contributed by atoms with Gasteiger partial charge in [0.25, 0.3) is 10.1 Å². The monoisotopic (exact) mass is 407 g/mol. The smallest absolute Gasteiger partial charge is 0.412 e. The molecule has 1 amide bonds. The fraction of sp³-hybridized carbons (Fsp3) is 0.350. The van der Waals surface area contributed by atoms with Crippen LogP contribution in [0.4, 0.5) is 10.5 Å². The fourth-order valence-corrected chi connectivity index (χ4v) is 3.03. The molecule has 8 heteroatoms. The SMILES string of the molecule is Cc1ccc(S(=O)(=O)OCCOc2ccc(NC(=O)OC(C)(C)C)cc2)cc1. The molecule has 152 valence electrons. The lowest BCUT2D eigenvalue weighted by atomic mass is 10.2. The maximum Gasteiger partial charge on any atom is 0.412 e. The number of carbonyl (C=O) groups is 1. The van der Waals surface area contributed by atoms with Crippen molar-refractivity contribution in [3.8, 4) is 5.75 Å². The molecule has 0 aliphatic carbocycles. The van der Waals surface area contributed by atoms with Crippen LogP contribution in [0.2, 0.25) is 0 Å². The molecule has 0 saturated carbocycles. The quantitative estimate of drug-likeness (QED) is 0.548. The predicted octanol–water partition coefficient (Wildman–Crippen LogP) is 4.13. The van der Waals surface area contributed by atoms with E-state index in [4.69, 9.17) is 13.7 Å². The molecule has 0 saturated heterocycles. The Labute approximate surface area is 165 Å². The van der Waals surface area contributed by atoms with E-state index in [9.17, 15) is 13.2 Å². The number of aryl methyl sites for hydroxylation is 1. The number of carbonyl (C=O) groups excluding carboxylic acids is 1. The fourth-order valence-electron chi connectivity index (χ4n) is 2.13. The van der Waals surface area contributed by atoms with Crippen LogP contribution in [0.3, 0.4) is 0 Å². The molecule has 1 N–H and O–H groups in total. The molecule has 2 aromatic rings. The molecular formula is C20H25NO6S. The molecule has 28 heavy (non-hydrogen) atoms. The zero-order valence-corrected chi connectivity index (χ0v) is 17.2. The van der Waals surface area contributed by atoms with Gasteiger partial charge in [0.2, 0.25) is 0 Å². The van der Waals surface area contributed by atoms with Gasteiger partial charge in [-0.25, -0.2) is 4.79 Å². The standard InChI is InChI=1S/C20H25NO6S/c1-15-5-11-18(12-6-15)28(23,24)26-14-13-25-17-9-7-16(8-10-17)21-19(22)27-20(2,3)4/h5-12H,13-14H2,1-4H3,(H,21,22). The van der Waals surface area contributed by atoms with Gasteiger partial charge in [-0.2, -0.15) is 8.42 Å². The van der Waals surface area contributed by atoms with Gasteiger partial charge in [-0.3, -0.25) is 9.50 Å².